The number of aromatic nitrogens is 2. The molecule has 2 nitrogen and oxygen atoms in total. The van der Waals surface area contributed by atoms with Crippen molar-refractivity contribution in [2.24, 2.45) is 0 Å². The molecule has 1 heterocycles. The van der Waals surface area contributed by atoms with Crippen molar-refractivity contribution in [1.82, 2.24) is 9.78 Å². The minimum absolute atomic E-state index is 1.07. The molecule has 0 aliphatic rings. The highest BCUT2D eigenvalue weighted by Gasteiger charge is 2.06. The first-order valence-electron chi connectivity index (χ1n) is 6.20. The Balaban J connectivity index is 2.02. The molecule has 0 unspecified atom stereocenters. The second-order valence-corrected chi connectivity index (χ2v) is 6.45. The summed E-state index contributed by atoms with van der Waals surface area (Å²) in [4.78, 5) is 0. The lowest BCUT2D eigenvalue weighted by Crippen LogP contribution is -1.96. The van der Waals surface area contributed by atoms with Gasteiger partial charge < -0.3 is 0 Å². The van der Waals surface area contributed by atoms with Crippen LogP contribution < -0.4 is 0 Å². The van der Waals surface area contributed by atoms with E-state index in [1.54, 1.807) is 0 Å². The predicted molar refractivity (Wildman–Crippen MR) is 89.1 cm³/mol. The molecule has 100 valence electrons. The highest BCUT2D eigenvalue weighted by atomic mass is 79.9. The molecule has 0 saturated heterocycles. The normalized spacial score (nSPS) is 10.8. The summed E-state index contributed by atoms with van der Waals surface area (Å²) in [6.45, 7) is 2.08. The number of rotatable bonds is 2. The molecule has 0 fully saturated rings. The van der Waals surface area contributed by atoms with E-state index in [0.717, 1.165) is 25.8 Å². The molecule has 0 radical (unpaired) electrons. The summed E-state index contributed by atoms with van der Waals surface area (Å²) >= 11 is 6.98. The second kappa shape index (κ2) is 5.54. The van der Waals surface area contributed by atoms with Crippen molar-refractivity contribution in [3.05, 3.63) is 69.4 Å². The summed E-state index contributed by atoms with van der Waals surface area (Å²) in [7, 11) is 0. The van der Waals surface area contributed by atoms with Gasteiger partial charge in [-0.3, -0.25) is 0 Å². The molecular weight excluding hydrogens is 380 g/mol. The van der Waals surface area contributed by atoms with Crippen LogP contribution in [-0.4, -0.2) is 9.78 Å². The molecule has 20 heavy (non-hydrogen) atoms. The first-order valence-corrected chi connectivity index (χ1v) is 7.79. The Morgan fingerprint density at radius 1 is 0.950 bits per heavy atom. The van der Waals surface area contributed by atoms with E-state index in [-0.39, 0.29) is 0 Å². The molecule has 3 rings (SSSR count). The quantitative estimate of drug-likeness (QED) is 0.573. The zero-order chi connectivity index (χ0) is 14.1. The molecule has 0 aliphatic carbocycles. The summed E-state index contributed by atoms with van der Waals surface area (Å²) in [6.07, 6.45) is 3.95. The summed E-state index contributed by atoms with van der Waals surface area (Å²) in [5.41, 5.74) is 4.53. The zero-order valence-corrected chi connectivity index (χ0v) is 14.0. The van der Waals surface area contributed by atoms with Gasteiger partial charge in [-0.15, -0.1) is 0 Å². The average Bonchev–Trinajstić information content (AvgIpc) is 2.88. The van der Waals surface area contributed by atoms with Crippen LogP contribution in [-0.2, 0) is 0 Å². The van der Waals surface area contributed by atoms with E-state index in [4.69, 9.17) is 0 Å². The van der Waals surface area contributed by atoms with E-state index in [9.17, 15) is 0 Å². The molecular formula is C16H12Br2N2. The van der Waals surface area contributed by atoms with Gasteiger partial charge in [0, 0.05) is 20.7 Å². The van der Waals surface area contributed by atoms with Crippen LogP contribution in [0.3, 0.4) is 0 Å². The third-order valence-electron chi connectivity index (χ3n) is 3.15. The number of aryl methyl sites for hydroxylation is 1. The second-order valence-electron chi connectivity index (χ2n) is 4.61. The molecule has 0 bridgehead atoms. The molecule has 0 spiro atoms. The fraction of sp³-hybridized carbons (Fsp3) is 0.0625. The van der Waals surface area contributed by atoms with E-state index in [1.807, 2.05) is 29.1 Å². The Morgan fingerprint density at radius 3 is 2.50 bits per heavy atom. The maximum atomic E-state index is 4.47. The highest BCUT2D eigenvalue weighted by Crippen LogP contribution is 2.25. The van der Waals surface area contributed by atoms with Crippen molar-refractivity contribution in [2.75, 3.05) is 0 Å². The van der Waals surface area contributed by atoms with Crippen LogP contribution >= 0.6 is 31.9 Å². The number of hydrogen-bond donors (Lipinski definition) is 0. The van der Waals surface area contributed by atoms with E-state index in [2.05, 4.69) is 74.3 Å². The lowest BCUT2D eigenvalue weighted by molar-refractivity contribution is 0.872. The van der Waals surface area contributed by atoms with Crippen molar-refractivity contribution < 1.29 is 0 Å². The fourth-order valence-electron chi connectivity index (χ4n) is 2.15. The summed E-state index contributed by atoms with van der Waals surface area (Å²) in [6, 6.07) is 14.4. The van der Waals surface area contributed by atoms with Gasteiger partial charge in [-0.05, 0) is 48.4 Å². The van der Waals surface area contributed by atoms with Crippen LogP contribution in [0.15, 0.2) is 63.8 Å². The molecule has 3 aromatic rings. The predicted octanol–water partition coefficient (Wildman–Crippen LogP) is 5.37. The van der Waals surface area contributed by atoms with Crippen LogP contribution in [0.5, 0.6) is 0 Å². The number of hydrogen-bond acceptors (Lipinski definition) is 1. The fourth-order valence-corrected chi connectivity index (χ4v) is 3.02. The van der Waals surface area contributed by atoms with Crippen LogP contribution in [0.2, 0.25) is 0 Å². The summed E-state index contributed by atoms with van der Waals surface area (Å²) in [5.74, 6) is 0. The molecule has 0 N–H and O–H groups in total. The van der Waals surface area contributed by atoms with Gasteiger partial charge in [0.15, 0.2) is 0 Å². The van der Waals surface area contributed by atoms with E-state index < -0.39 is 0 Å². The Kier molecular flexibility index (Phi) is 3.76. The van der Waals surface area contributed by atoms with Gasteiger partial charge in [-0.2, -0.15) is 5.10 Å². The van der Waals surface area contributed by atoms with Crippen molar-refractivity contribution in [3.8, 4) is 16.8 Å². The monoisotopic (exact) mass is 390 g/mol. The van der Waals surface area contributed by atoms with Crippen LogP contribution in [0.25, 0.3) is 16.8 Å². The molecule has 0 amide bonds. The lowest BCUT2D eigenvalue weighted by atomic mass is 10.1. The van der Waals surface area contributed by atoms with Crippen LogP contribution in [0.1, 0.15) is 5.56 Å². The van der Waals surface area contributed by atoms with Crippen molar-refractivity contribution in [1.29, 1.82) is 0 Å². The topological polar surface area (TPSA) is 17.8 Å². The Morgan fingerprint density at radius 2 is 1.75 bits per heavy atom. The van der Waals surface area contributed by atoms with Gasteiger partial charge >= 0.3 is 0 Å². The first kappa shape index (κ1) is 13.6. The third-order valence-corrected chi connectivity index (χ3v) is 4.13. The smallest absolute Gasteiger partial charge is 0.0675 e. The van der Waals surface area contributed by atoms with Crippen molar-refractivity contribution >= 4 is 31.9 Å². The Bertz CT molecular complexity index is 763. The number of nitrogens with zero attached hydrogens (tertiary/aromatic N) is 2. The molecule has 0 atom stereocenters. The van der Waals surface area contributed by atoms with Gasteiger partial charge in [0.25, 0.3) is 0 Å². The SMILES string of the molecule is Cc1cc(Br)ccc1-n1cc(-c2cccc(Br)c2)cn1. The van der Waals surface area contributed by atoms with E-state index in [0.29, 0.717) is 0 Å². The Labute approximate surface area is 134 Å². The maximum Gasteiger partial charge on any atom is 0.0675 e. The molecule has 0 saturated carbocycles. The number of benzene rings is 2. The van der Waals surface area contributed by atoms with Gasteiger partial charge in [0.1, 0.15) is 0 Å². The minimum Gasteiger partial charge on any atom is -0.240 e. The molecule has 0 aliphatic heterocycles. The van der Waals surface area contributed by atoms with E-state index >= 15 is 0 Å². The average molecular weight is 392 g/mol. The van der Waals surface area contributed by atoms with Gasteiger partial charge in [-0.1, -0.05) is 44.0 Å². The summed E-state index contributed by atoms with van der Waals surface area (Å²) < 4.78 is 4.07. The molecule has 4 heteroatoms. The lowest BCUT2D eigenvalue weighted by Gasteiger charge is -2.05. The van der Waals surface area contributed by atoms with Gasteiger partial charge in [-0.25, -0.2) is 4.68 Å². The number of halogens is 2. The van der Waals surface area contributed by atoms with Crippen molar-refractivity contribution in [2.45, 2.75) is 6.92 Å². The summed E-state index contributed by atoms with van der Waals surface area (Å²) in [5, 5.41) is 4.47. The third kappa shape index (κ3) is 2.72. The zero-order valence-electron chi connectivity index (χ0n) is 10.8. The molecule has 2 aromatic carbocycles. The van der Waals surface area contributed by atoms with Gasteiger partial charge in [0.05, 0.1) is 11.9 Å². The Hall–Kier alpha value is -1.39. The minimum atomic E-state index is 1.07. The van der Waals surface area contributed by atoms with Gasteiger partial charge in [0.2, 0.25) is 0 Å². The van der Waals surface area contributed by atoms with E-state index in [1.165, 1.54) is 5.56 Å². The van der Waals surface area contributed by atoms with Crippen LogP contribution in [0, 0.1) is 6.92 Å². The largest absolute Gasteiger partial charge is 0.240 e. The highest BCUT2D eigenvalue weighted by molar-refractivity contribution is 9.10. The standard InChI is InChI=1S/C16H12Br2N2/c1-11-7-15(18)5-6-16(11)20-10-13(9-19-20)12-3-2-4-14(17)8-12/h2-10H,1H3. The maximum absolute atomic E-state index is 4.47. The van der Waals surface area contributed by atoms with Crippen LogP contribution in [0.4, 0.5) is 0 Å². The van der Waals surface area contributed by atoms with Crippen molar-refractivity contribution in [3.63, 3.8) is 0 Å². The molecule has 1 aromatic heterocycles. The first-order chi connectivity index (χ1) is 9.63.